The number of carbonyl (C=O) groups excluding carboxylic acids is 1. The second-order valence-corrected chi connectivity index (χ2v) is 8.50. The van der Waals surface area contributed by atoms with Gasteiger partial charge in [-0.05, 0) is 66.9 Å². The first-order valence-corrected chi connectivity index (χ1v) is 9.13. The number of likely N-dealkylation sites (tertiary alicyclic amines) is 1. The molecule has 1 aromatic rings. The Morgan fingerprint density at radius 2 is 2.36 bits per heavy atom. The molecule has 0 saturated carbocycles. The third-order valence-electron chi connectivity index (χ3n) is 3.76. The number of nitrogens with two attached hydrogens (primary N) is 1. The van der Waals surface area contributed by atoms with E-state index in [1.165, 1.54) is 4.88 Å². The van der Waals surface area contributed by atoms with Gasteiger partial charge >= 0.3 is 6.09 Å². The Hall–Kier alpha value is -0.630. The molecule has 0 aliphatic carbocycles. The number of thiophene rings is 1. The molecule has 0 spiro atoms. The van der Waals surface area contributed by atoms with E-state index in [-0.39, 0.29) is 12.1 Å². The Morgan fingerprint density at radius 3 is 2.91 bits per heavy atom. The summed E-state index contributed by atoms with van der Waals surface area (Å²) in [5, 5.41) is 2.06. The summed E-state index contributed by atoms with van der Waals surface area (Å²) >= 11 is 5.28. The lowest BCUT2D eigenvalue weighted by atomic mass is 9.96. The smallest absolute Gasteiger partial charge is 0.410 e. The molecule has 0 aromatic carbocycles. The number of carbonyl (C=O) groups is 1. The summed E-state index contributed by atoms with van der Waals surface area (Å²) in [6.45, 7) is 7.07. The molecule has 3 N–H and O–H groups in total. The highest BCUT2D eigenvalue weighted by molar-refractivity contribution is 9.10. The highest BCUT2D eigenvalue weighted by atomic mass is 79.9. The Morgan fingerprint density at radius 1 is 1.64 bits per heavy atom. The van der Waals surface area contributed by atoms with Crippen molar-refractivity contribution < 1.29 is 9.53 Å². The maximum Gasteiger partial charge on any atom is 0.410 e. The van der Waals surface area contributed by atoms with Crippen LogP contribution in [0.1, 0.15) is 32.1 Å². The van der Waals surface area contributed by atoms with Gasteiger partial charge in [0.05, 0.1) is 0 Å². The number of ether oxygens (including phenoxy) is 1. The zero-order chi connectivity index (χ0) is 16.3. The molecule has 2 rings (SSSR count). The largest absolute Gasteiger partial charge is 0.444 e. The minimum Gasteiger partial charge on any atom is -0.444 e. The number of hydrogen-bond donors (Lipinski definition) is 2. The number of nitrogens with zero attached hydrogens (tertiary/aromatic N) is 1. The van der Waals surface area contributed by atoms with Crippen LogP contribution in [0, 0.1) is 5.92 Å². The second-order valence-electron chi connectivity index (χ2n) is 6.64. The minimum atomic E-state index is -0.456. The van der Waals surface area contributed by atoms with Crippen molar-refractivity contribution in [3.05, 3.63) is 20.8 Å². The molecule has 1 aliphatic rings. The molecule has 2 heterocycles. The van der Waals surface area contributed by atoms with Crippen molar-refractivity contribution >= 4 is 33.4 Å². The third kappa shape index (κ3) is 4.68. The predicted octanol–water partition coefficient (Wildman–Crippen LogP) is 3.14. The van der Waals surface area contributed by atoms with Crippen molar-refractivity contribution in [3.8, 4) is 0 Å². The molecule has 5 nitrogen and oxygen atoms in total. The molecule has 7 heteroatoms. The Kier molecular flexibility index (Phi) is 5.87. The van der Waals surface area contributed by atoms with E-state index < -0.39 is 5.60 Å². The SMILES string of the molecule is CC(C)(C)OC(=O)N1CCC(C(Cc2sccc2Br)NN)C1. The van der Waals surface area contributed by atoms with Crippen LogP contribution in [0.4, 0.5) is 4.79 Å². The summed E-state index contributed by atoms with van der Waals surface area (Å²) in [6, 6.07) is 2.21. The van der Waals surface area contributed by atoms with Gasteiger partial charge in [-0.3, -0.25) is 11.3 Å². The van der Waals surface area contributed by atoms with Crippen LogP contribution in [0.5, 0.6) is 0 Å². The summed E-state index contributed by atoms with van der Waals surface area (Å²) in [4.78, 5) is 15.2. The van der Waals surface area contributed by atoms with Crippen LogP contribution in [-0.4, -0.2) is 35.7 Å². The molecule has 1 saturated heterocycles. The summed E-state index contributed by atoms with van der Waals surface area (Å²) in [5.74, 6) is 6.09. The predicted molar refractivity (Wildman–Crippen MR) is 92.7 cm³/mol. The van der Waals surface area contributed by atoms with Crippen molar-refractivity contribution in [3.63, 3.8) is 0 Å². The Balaban J connectivity index is 1.93. The Labute approximate surface area is 144 Å². The van der Waals surface area contributed by atoms with Gasteiger partial charge in [-0.2, -0.15) is 0 Å². The lowest BCUT2D eigenvalue weighted by molar-refractivity contribution is 0.0285. The van der Waals surface area contributed by atoms with Crippen molar-refractivity contribution in [1.82, 2.24) is 10.3 Å². The van der Waals surface area contributed by atoms with E-state index in [2.05, 4.69) is 32.8 Å². The van der Waals surface area contributed by atoms with Crippen molar-refractivity contribution in [1.29, 1.82) is 0 Å². The average molecular weight is 390 g/mol. The van der Waals surface area contributed by atoms with Crippen molar-refractivity contribution in [2.45, 2.75) is 45.3 Å². The first-order chi connectivity index (χ1) is 10.3. The number of amides is 1. The number of rotatable bonds is 4. The quantitative estimate of drug-likeness (QED) is 0.612. The number of nitrogens with one attached hydrogen (secondary N) is 1. The maximum absolute atomic E-state index is 12.1. The fourth-order valence-electron chi connectivity index (χ4n) is 2.64. The van der Waals surface area contributed by atoms with Gasteiger partial charge in [-0.15, -0.1) is 11.3 Å². The maximum atomic E-state index is 12.1. The first-order valence-electron chi connectivity index (χ1n) is 7.46. The van der Waals surface area contributed by atoms with Gasteiger partial charge in [-0.25, -0.2) is 4.79 Å². The molecule has 124 valence electrons. The Bertz CT molecular complexity index is 515. The van der Waals surface area contributed by atoms with Crippen LogP contribution in [-0.2, 0) is 11.2 Å². The van der Waals surface area contributed by atoms with Crippen LogP contribution in [0.25, 0.3) is 0 Å². The molecule has 1 aliphatic heterocycles. The lowest BCUT2D eigenvalue weighted by Crippen LogP contribution is -2.44. The number of halogens is 1. The lowest BCUT2D eigenvalue weighted by Gasteiger charge is -2.26. The van der Waals surface area contributed by atoms with Gasteiger partial charge in [0.1, 0.15) is 5.60 Å². The molecule has 1 aromatic heterocycles. The fourth-order valence-corrected chi connectivity index (χ4v) is 4.21. The summed E-state index contributed by atoms with van der Waals surface area (Å²) in [5.41, 5.74) is 2.47. The highest BCUT2D eigenvalue weighted by Gasteiger charge is 2.34. The summed E-state index contributed by atoms with van der Waals surface area (Å²) in [7, 11) is 0. The van der Waals surface area contributed by atoms with E-state index in [1.54, 1.807) is 16.2 Å². The van der Waals surface area contributed by atoms with Gasteiger partial charge < -0.3 is 9.64 Å². The number of hydrogen-bond acceptors (Lipinski definition) is 5. The highest BCUT2D eigenvalue weighted by Crippen LogP contribution is 2.28. The first kappa shape index (κ1) is 17.7. The van der Waals surface area contributed by atoms with Gasteiger partial charge in [0, 0.05) is 28.5 Å². The topological polar surface area (TPSA) is 67.6 Å². The fraction of sp³-hybridized carbons (Fsp3) is 0.667. The van der Waals surface area contributed by atoms with E-state index in [0.717, 1.165) is 23.9 Å². The van der Waals surface area contributed by atoms with E-state index in [9.17, 15) is 4.79 Å². The van der Waals surface area contributed by atoms with E-state index in [0.29, 0.717) is 12.5 Å². The second kappa shape index (κ2) is 7.29. The molecule has 0 radical (unpaired) electrons. The molecule has 1 fully saturated rings. The molecule has 0 bridgehead atoms. The monoisotopic (exact) mass is 389 g/mol. The van der Waals surface area contributed by atoms with Gasteiger partial charge in [-0.1, -0.05) is 0 Å². The van der Waals surface area contributed by atoms with Gasteiger partial charge in [0.25, 0.3) is 0 Å². The third-order valence-corrected chi connectivity index (χ3v) is 5.70. The van der Waals surface area contributed by atoms with Crippen LogP contribution in [0.3, 0.4) is 0 Å². The molecular formula is C15H24BrN3O2S. The van der Waals surface area contributed by atoms with Gasteiger partial charge in [0.2, 0.25) is 0 Å². The zero-order valence-electron chi connectivity index (χ0n) is 13.3. The van der Waals surface area contributed by atoms with E-state index in [4.69, 9.17) is 10.6 Å². The van der Waals surface area contributed by atoms with Gasteiger partial charge in [0.15, 0.2) is 0 Å². The van der Waals surface area contributed by atoms with Crippen LogP contribution in [0.2, 0.25) is 0 Å². The van der Waals surface area contributed by atoms with E-state index >= 15 is 0 Å². The van der Waals surface area contributed by atoms with Crippen molar-refractivity contribution in [2.24, 2.45) is 11.8 Å². The molecule has 2 atom stereocenters. The standard InChI is InChI=1S/C15H24BrN3O2S/c1-15(2,3)21-14(20)19-6-4-10(9-19)12(18-17)8-13-11(16)5-7-22-13/h5,7,10,12,18H,4,6,8-9,17H2,1-3H3. The van der Waals surface area contributed by atoms with Crippen LogP contribution < -0.4 is 11.3 Å². The minimum absolute atomic E-state index is 0.155. The summed E-state index contributed by atoms with van der Waals surface area (Å²) in [6.07, 6.45) is 1.57. The molecule has 22 heavy (non-hydrogen) atoms. The van der Waals surface area contributed by atoms with Crippen LogP contribution >= 0.6 is 27.3 Å². The van der Waals surface area contributed by atoms with Crippen LogP contribution in [0.15, 0.2) is 15.9 Å². The van der Waals surface area contributed by atoms with Crippen molar-refractivity contribution in [2.75, 3.05) is 13.1 Å². The average Bonchev–Trinajstić information content (AvgIpc) is 3.03. The summed E-state index contributed by atoms with van der Waals surface area (Å²) < 4.78 is 6.56. The molecular weight excluding hydrogens is 366 g/mol. The zero-order valence-corrected chi connectivity index (χ0v) is 15.7. The molecule has 1 amide bonds. The van der Waals surface area contributed by atoms with E-state index in [1.807, 2.05) is 20.8 Å². The number of hydrazine groups is 1. The normalized spacial score (nSPS) is 20.2. The molecule has 2 unspecified atom stereocenters.